The molecule has 0 radical (unpaired) electrons. The first-order valence-corrected chi connectivity index (χ1v) is 10.5. The van der Waals surface area contributed by atoms with E-state index >= 15 is 0 Å². The van der Waals surface area contributed by atoms with Crippen molar-refractivity contribution in [1.29, 1.82) is 0 Å². The summed E-state index contributed by atoms with van der Waals surface area (Å²) in [4.78, 5) is 4.13. The lowest BCUT2D eigenvalue weighted by molar-refractivity contribution is 0.223. The Morgan fingerprint density at radius 1 is 1.32 bits per heavy atom. The Morgan fingerprint density at radius 3 is 2.88 bits per heavy atom. The minimum Gasteiger partial charge on any atom is -0.396 e. The largest absolute Gasteiger partial charge is 0.396 e. The number of pyridine rings is 1. The average molecular weight is 398 g/mol. The number of nitrogens with zero attached hydrogens (tertiary/aromatic N) is 3. The number of sulfonamides is 1. The van der Waals surface area contributed by atoms with E-state index in [1.54, 1.807) is 35.7 Å². The standard InChI is InChI=1S/C16H16ClN3O3S2/c17-15-16(20-5-2-1-3-14(20)18-15)25(22,23)19-7-12(9-21)13(8-19)11-4-6-24-10-11/h1-6,10,12-13,21H,7-9H2/t12-,13+/m1/s1. The van der Waals surface area contributed by atoms with Crippen LogP contribution in [0.5, 0.6) is 0 Å². The summed E-state index contributed by atoms with van der Waals surface area (Å²) in [5.41, 5.74) is 1.55. The van der Waals surface area contributed by atoms with Gasteiger partial charge < -0.3 is 5.11 Å². The van der Waals surface area contributed by atoms with Gasteiger partial charge in [-0.1, -0.05) is 17.7 Å². The maximum absolute atomic E-state index is 13.2. The van der Waals surface area contributed by atoms with Crippen LogP contribution >= 0.6 is 22.9 Å². The first-order chi connectivity index (χ1) is 12.0. The first kappa shape index (κ1) is 17.0. The molecule has 0 amide bonds. The summed E-state index contributed by atoms with van der Waals surface area (Å²) in [6.07, 6.45) is 1.64. The second-order valence-corrected chi connectivity index (χ2v) is 9.06. The first-order valence-electron chi connectivity index (χ1n) is 7.78. The van der Waals surface area contributed by atoms with E-state index in [1.807, 2.05) is 16.8 Å². The Labute approximate surface area is 154 Å². The van der Waals surface area contributed by atoms with Crippen LogP contribution in [0.15, 0.2) is 46.2 Å². The highest BCUT2D eigenvalue weighted by Gasteiger charge is 2.41. The van der Waals surface area contributed by atoms with Gasteiger partial charge in [0, 0.05) is 37.7 Å². The van der Waals surface area contributed by atoms with Gasteiger partial charge >= 0.3 is 0 Å². The van der Waals surface area contributed by atoms with E-state index in [2.05, 4.69) is 4.98 Å². The second-order valence-electron chi connectivity index (χ2n) is 6.06. The molecule has 4 rings (SSSR count). The van der Waals surface area contributed by atoms with E-state index < -0.39 is 10.0 Å². The van der Waals surface area contributed by atoms with Crippen molar-refractivity contribution in [3.8, 4) is 0 Å². The number of imidazole rings is 1. The van der Waals surface area contributed by atoms with Gasteiger partial charge in [-0.3, -0.25) is 4.40 Å². The quantitative estimate of drug-likeness (QED) is 0.733. The molecule has 1 N–H and O–H groups in total. The summed E-state index contributed by atoms with van der Waals surface area (Å²) in [6, 6.07) is 7.20. The number of hydrogen-bond acceptors (Lipinski definition) is 5. The van der Waals surface area contributed by atoms with E-state index in [-0.39, 0.29) is 35.2 Å². The third-order valence-corrected chi connectivity index (χ3v) is 7.58. The zero-order valence-electron chi connectivity index (χ0n) is 13.1. The number of fused-ring (bicyclic) bond motifs is 1. The highest BCUT2D eigenvalue weighted by Crippen LogP contribution is 2.37. The van der Waals surface area contributed by atoms with E-state index in [9.17, 15) is 13.5 Å². The van der Waals surface area contributed by atoms with Gasteiger partial charge in [0.15, 0.2) is 10.2 Å². The molecular weight excluding hydrogens is 382 g/mol. The molecule has 6 nitrogen and oxygen atoms in total. The SMILES string of the molecule is O=S(=O)(c1c(Cl)nc2ccccn12)N1C[C@H](CO)[C@H](c2ccsc2)C1. The number of halogens is 1. The number of aromatic nitrogens is 2. The molecule has 0 bridgehead atoms. The van der Waals surface area contributed by atoms with E-state index in [0.29, 0.717) is 12.2 Å². The van der Waals surface area contributed by atoms with Crippen LogP contribution in [0.25, 0.3) is 5.65 Å². The van der Waals surface area contributed by atoms with Crippen LogP contribution in [0.2, 0.25) is 5.15 Å². The molecule has 0 spiro atoms. The molecule has 4 heterocycles. The van der Waals surface area contributed by atoms with Crippen molar-refractivity contribution in [1.82, 2.24) is 13.7 Å². The molecule has 1 saturated heterocycles. The number of aliphatic hydroxyl groups excluding tert-OH is 1. The van der Waals surface area contributed by atoms with Crippen LogP contribution in [0.3, 0.4) is 0 Å². The molecule has 1 aliphatic rings. The summed E-state index contributed by atoms with van der Waals surface area (Å²) >= 11 is 7.72. The molecule has 1 fully saturated rings. The maximum Gasteiger partial charge on any atom is 0.262 e. The van der Waals surface area contributed by atoms with Gasteiger partial charge in [-0.15, -0.1) is 0 Å². The summed E-state index contributed by atoms with van der Waals surface area (Å²) < 4.78 is 29.3. The van der Waals surface area contributed by atoms with Crippen molar-refractivity contribution in [2.75, 3.05) is 19.7 Å². The van der Waals surface area contributed by atoms with Gasteiger partial charge in [0.05, 0.1) is 0 Å². The van der Waals surface area contributed by atoms with Crippen molar-refractivity contribution in [3.63, 3.8) is 0 Å². The zero-order valence-corrected chi connectivity index (χ0v) is 15.5. The summed E-state index contributed by atoms with van der Waals surface area (Å²) in [6.45, 7) is 0.518. The van der Waals surface area contributed by atoms with Gasteiger partial charge in [-0.25, -0.2) is 13.4 Å². The normalized spacial score (nSPS) is 22.0. The predicted molar refractivity (Wildman–Crippen MR) is 96.6 cm³/mol. The van der Waals surface area contributed by atoms with Crippen LogP contribution in [0.4, 0.5) is 0 Å². The molecule has 132 valence electrons. The minimum atomic E-state index is -3.83. The highest BCUT2D eigenvalue weighted by molar-refractivity contribution is 7.89. The van der Waals surface area contributed by atoms with Crippen LogP contribution in [-0.4, -0.2) is 46.9 Å². The molecule has 0 aliphatic carbocycles. The van der Waals surface area contributed by atoms with Gasteiger partial charge in [0.25, 0.3) is 10.0 Å². The fraction of sp³-hybridized carbons (Fsp3) is 0.312. The Bertz CT molecular complexity index is 1000. The van der Waals surface area contributed by atoms with Crippen LogP contribution in [0.1, 0.15) is 11.5 Å². The van der Waals surface area contributed by atoms with Crippen molar-refractivity contribution < 1.29 is 13.5 Å². The topological polar surface area (TPSA) is 74.9 Å². The second kappa shape index (κ2) is 6.37. The predicted octanol–water partition coefficient (Wildman–Crippen LogP) is 2.45. The van der Waals surface area contributed by atoms with Crippen molar-refractivity contribution in [2.45, 2.75) is 10.9 Å². The molecule has 0 saturated carbocycles. The molecule has 0 aromatic carbocycles. The number of hydrogen-bond donors (Lipinski definition) is 1. The molecule has 3 aromatic heterocycles. The smallest absolute Gasteiger partial charge is 0.262 e. The van der Waals surface area contributed by atoms with Crippen molar-refractivity contribution in [2.24, 2.45) is 5.92 Å². The number of rotatable bonds is 4. The Morgan fingerprint density at radius 2 is 2.16 bits per heavy atom. The Balaban J connectivity index is 1.74. The molecule has 25 heavy (non-hydrogen) atoms. The third-order valence-electron chi connectivity index (χ3n) is 4.64. The lowest BCUT2D eigenvalue weighted by Crippen LogP contribution is -2.30. The lowest BCUT2D eigenvalue weighted by Gasteiger charge is -2.16. The molecule has 2 atom stereocenters. The fourth-order valence-electron chi connectivity index (χ4n) is 3.37. The van der Waals surface area contributed by atoms with Crippen molar-refractivity contribution >= 4 is 38.6 Å². The van der Waals surface area contributed by atoms with Crippen molar-refractivity contribution in [3.05, 3.63) is 51.9 Å². The van der Waals surface area contributed by atoms with Crippen LogP contribution in [0, 0.1) is 5.92 Å². The Kier molecular flexibility index (Phi) is 4.33. The monoisotopic (exact) mass is 397 g/mol. The molecule has 3 aromatic rings. The Hall–Kier alpha value is -1.45. The van der Waals surface area contributed by atoms with E-state index in [0.717, 1.165) is 5.56 Å². The average Bonchev–Trinajstić information content (AvgIpc) is 3.31. The van der Waals surface area contributed by atoms with Gasteiger partial charge in [0.1, 0.15) is 5.65 Å². The minimum absolute atomic E-state index is 0.0209. The van der Waals surface area contributed by atoms with Gasteiger partial charge in [-0.2, -0.15) is 15.6 Å². The molecular formula is C16H16ClN3O3S2. The molecule has 0 unspecified atom stereocenters. The number of thiophene rings is 1. The fourth-order valence-corrected chi connectivity index (χ4v) is 6.22. The summed E-state index contributed by atoms with van der Waals surface area (Å²) in [5, 5.41) is 13.6. The van der Waals surface area contributed by atoms with Gasteiger partial charge in [-0.05, 0) is 34.5 Å². The lowest BCUT2D eigenvalue weighted by atomic mass is 9.92. The molecule has 1 aliphatic heterocycles. The third kappa shape index (κ3) is 2.78. The molecule has 9 heteroatoms. The zero-order chi connectivity index (χ0) is 17.6. The maximum atomic E-state index is 13.2. The summed E-state index contributed by atoms with van der Waals surface area (Å²) in [7, 11) is -3.83. The van der Waals surface area contributed by atoms with Crippen LogP contribution < -0.4 is 0 Å². The summed E-state index contributed by atoms with van der Waals surface area (Å²) in [5.74, 6) is -0.161. The van der Waals surface area contributed by atoms with E-state index in [4.69, 9.17) is 11.6 Å². The van der Waals surface area contributed by atoms with Gasteiger partial charge in [0.2, 0.25) is 0 Å². The highest BCUT2D eigenvalue weighted by atomic mass is 35.5. The van der Waals surface area contributed by atoms with E-state index in [1.165, 1.54) is 8.71 Å². The number of aliphatic hydroxyl groups is 1. The van der Waals surface area contributed by atoms with Crippen LogP contribution in [-0.2, 0) is 10.0 Å².